The first-order valence-corrected chi connectivity index (χ1v) is 7.43. The van der Waals surface area contributed by atoms with Gasteiger partial charge < -0.3 is 20.7 Å². The molecule has 1 aromatic rings. The van der Waals surface area contributed by atoms with Crippen LogP contribution >= 0.6 is 0 Å². The summed E-state index contributed by atoms with van der Waals surface area (Å²) in [4.78, 5) is 11.1. The van der Waals surface area contributed by atoms with Crippen LogP contribution < -0.4 is 16.0 Å². The Morgan fingerprint density at radius 1 is 1.35 bits per heavy atom. The summed E-state index contributed by atoms with van der Waals surface area (Å²) in [5.74, 6) is 1.35. The quantitative estimate of drug-likeness (QED) is 0.831. The first kappa shape index (κ1) is 13.6. The minimum absolute atomic E-state index is 0.316. The molecule has 1 saturated heterocycles. The van der Waals surface area contributed by atoms with Crippen LogP contribution in [0.25, 0.3) is 0 Å². The number of fused-ring (bicyclic) bond motifs is 1. The Balaban J connectivity index is 1.85. The maximum absolute atomic E-state index is 5.88. The highest BCUT2D eigenvalue weighted by Crippen LogP contribution is 2.24. The minimum Gasteiger partial charge on any atom is -0.376 e. The van der Waals surface area contributed by atoms with Crippen LogP contribution in [0.3, 0.4) is 0 Å². The van der Waals surface area contributed by atoms with Gasteiger partial charge >= 0.3 is 0 Å². The molecule has 110 valence electrons. The molecule has 0 amide bonds. The van der Waals surface area contributed by atoms with Gasteiger partial charge in [-0.15, -0.1) is 0 Å². The maximum atomic E-state index is 5.88. The lowest BCUT2D eigenvalue weighted by atomic mass is 10.1. The molecule has 1 atom stereocenters. The summed E-state index contributed by atoms with van der Waals surface area (Å²) in [7, 11) is 2.07. The fourth-order valence-electron chi connectivity index (χ4n) is 3.04. The summed E-state index contributed by atoms with van der Waals surface area (Å²) in [5.41, 5.74) is 8.21. The number of nitrogens with two attached hydrogens (primary N) is 1. The summed E-state index contributed by atoms with van der Waals surface area (Å²) in [5, 5.41) is 3.40. The summed E-state index contributed by atoms with van der Waals surface area (Å²) in [6, 6.07) is 0. The van der Waals surface area contributed by atoms with Crippen molar-refractivity contribution in [3.05, 3.63) is 11.3 Å². The Labute approximate surface area is 119 Å². The zero-order valence-electron chi connectivity index (χ0n) is 12.1. The van der Waals surface area contributed by atoms with E-state index in [0.29, 0.717) is 12.1 Å². The fraction of sp³-hybridized carbons (Fsp3) is 0.714. The van der Waals surface area contributed by atoms with Gasteiger partial charge in [0.2, 0.25) is 5.95 Å². The summed E-state index contributed by atoms with van der Waals surface area (Å²) in [6.45, 7) is 3.68. The van der Waals surface area contributed by atoms with Gasteiger partial charge in [-0.3, -0.25) is 0 Å². The van der Waals surface area contributed by atoms with Gasteiger partial charge in [-0.05, 0) is 25.8 Å². The number of ether oxygens (including phenoxy) is 1. The molecule has 0 spiro atoms. The van der Waals surface area contributed by atoms with Crippen molar-refractivity contribution in [2.24, 2.45) is 0 Å². The molecule has 6 heteroatoms. The van der Waals surface area contributed by atoms with Gasteiger partial charge in [-0.2, -0.15) is 4.98 Å². The predicted molar refractivity (Wildman–Crippen MR) is 79.0 cm³/mol. The third kappa shape index (κ3) is 2.86. The first-order chi connectivity index (χ1) is 9.74. The second-order valence-corrected chi connectivity index (χ2v) is 5.60. The van der Waals surface area contributed by atoms with E-state index >= 15 is 0 Å². The number of aromatic nitrogens is 2. The molecule has 3 rings (SSSR count). The molecule has 2 aliphatic rings. The minimum atomic E-state index is 0.316. The van der Waals surface area contributed by atoms with Gasteiger partial charge in [0.1, 0.15) is 5.82 Å². The molecular formula is C14H23N5O. The van der Waals surface area contributed by atoms with E-state index in [1.165, 1.54) is 5.56 Å². The number of nitrogens with zero attached hydrogens (tertiary/aromatic N) is 3. The lowest BCUT2D eigenvalue weighted by molar-refractivity contribution is 0.116. The largest absolute Gasteiger partial charge is 0.376 e. The zero-order valence-corrected chi connectivity index (χ0v) is 12.1. The van der Waals surface area contributed by atoms with Crippen molar-refractivity contribution in [3.63, 3.8) is 0 Å². The number of nitrogens with one attached hydrogen (secondary N) is 1. The van der Waals surface area contributed by atoms with Crippen LogP contribution in [-0.4, -0.2) is 49.4 Å². The SMILES string of the molecule is CN(C[C@H]1CCCO1)c1nc(N)nc2c1CCNCC2. The Hall–Kier alpha value is -1.40. The lowest BCUT2D eigenvalue weighted by Crippen LogP contribution is -2.30. The molecule has 0 saturated carbocycles. The van der Waals surface area contributed by atoms with E-state index in [4.69, 9.17) is 10.5 Å². The van der Waals surface area contributed by atoms with E-state index in [-0.39, 0.29) is 0 Å². The molecule has 1 aromatic heterocycles. The van der Waals surface area contributed by atoms with Crippen LogP contribution in [0.4, 0.5) is 11.8 Å². The monoisotopic (exact) mass is 277 g/mol. The van der Waals surface area contributed by atoms with Gasteiger partial charge in [0, 0.05) is 38.7 Å². The van der Waals surface area contributed by atoms with Crippen molar-refractivity contribution in [2.75, 3.05) is 43.9 Å². The number of likely N-dealkylation sites (N-methyl/N-ethyl adjacent to an activating group) is 1. The number of nitrogen functional groups attached to an aromatic ring is 1. The third-order valence-electron chi connectivity index (χ3n) is 4.04. The molecule has 0 aliphatic carbocycles. The zero-order chi connectivity index (χ0) is 13.9. The lowest BCUT2D eigenvalue weighted by Gasteiger charge is -2.24. The highest BCUT2D eigenvalue weighted by molar-refractivity contribution is 5.52. The smallest absolute Gasteiger partial charge is 0.222 e. The molecule has 6 nitrogen and oxygen atoms in total. The summed E-state index contributed by atoms with van der Waals surface area (Å²) in [6.07, 6.45) is 4.49. The second-order valence-electron chi connectivity index (χ2n) is 5.60. The van der Waals surface area contributed by atoms with Crippen LogP contribution in [-0.2, 0) is 17.6 Å². The highest BCUT2D eigenvalue weighted by atomic mass is 16.5. The number of hydrogen-bond acceptors (Lipinski definition) is 6. The molecule has 3 N–H and O–H groups in total. The molecule has 2 aliphatic heterocycles. The summed E-state index contributed by atoms with van der Waals surface area (Å²) < 4.78 is 5.72. The molecule has 1 fully saturated rings. The van der Waals surface area contributed by atoms with Crippen molar-refractivity contribution in [1.82, 2.24) is 15.3 Å². The van der Waals surface area contributed by atoms with Crippen molar-refractivity contribution >= 4 is 11.8 Å². The molecular weight excluding hydrogens is 254 g/mol. The van der Waals surface area contributed by atoms with E-state index in [2.05, 4.69) is 27.2 Å². The van der Waals surface area contributed by atoms with Crippen molar-refractivity contribution < 1.29 is 4.74 Å². The Bertz CT molecular complexity index is 473. The standard InChI is InChI=1S/C14H23N5O/c1-19(9-10-3-2-8-20-10)13-11-4-6-16-7-5-12(11)17-14(15)18-13/h10,16H,2-9H2,1H3,(H2,15,17,18)/t10-/m1/s1. The predicted octanol–water partition coefficient (Wildman–Crippen LogP) is 0.362. The fourth-order valence-corrected chi connectivity index (χ4v) is 3.04. The Kier molecular flexibility index (Phi) is 4.03. The average molecular weight is 277 g/mol. The maximum Gasteiger partial charge on any atom is 0.222 e. The molecule has 0 unspecified atom stereocenters. The van der Waals surface area contributed by atoms with Gasteiger partial charge in [0.05, 0.1) is 11.8 Å². The number of hydrogen-bond donors (Lipinski definition) is 2. The van der Waals surface area contributed by atoms with E-state index in [1.54, 1.807) is 0 Å². The van der Waals surface area contributed by atoms with Crippen LogP contribution in [0.1, 0.15) is 24.1 Å². The Morgan fingerprint density at radius 2 is 2.20 bits per heavy atom. The van der Waals surface area contributed by atoms with Crippen molar-refractivity contribution in [1.29, 1.82) is 0 Å². The van der Waals surface area contributed by atoms with Gasteiger partial charge in [0.15, 0.2) is 0 Å². The average Bonchev–Trinajstić information content (AvgIpc) is 2.81. The number of anilines is 2. The van der Waals surface area contributed by atoms with E-state index in [1.807, 2.05) is 0 Å². The molecule has 0 aromatic carbocycles. The third-order valence-corrected chi connectivity index (χ3v) is 4.04. The van der Waals surface area contributed by atoms with Gasteiger partial charge in [-0.25, -0.2) is 4.98 Å². The topological polar surface area (TPSA) is 76.3 Å². The van der Waals surface area contributed by atoms with Crippen molar-refractivity contribution in [2.45, 2.75) is 31.8 Å². The van der Waals surface area contributed by atoms with Gasteiger partial charge in [0.25, 0.3) is 0 Å². The first-order valence-electron chi connectivity index (χ1n) is 7.43. The van der Waals surface area contributed by atoms with E-state index in [9.17, 15) is 0 Å². The van der Waals surface area contributed by atoms with Gasteiger partial charge in [-0.1, -0.05) is 0 Å². The van der Waals surface area contributed by atoms with Crippen LogP contribution in [0, 0.1) is 0 Å². The van der Waals surface area contributed by atoms with Crippen molar-refractivity contribution in [3.8, 4) is 0 Å². The second kappa shape index (κ2) is 5.93. The molecule has 3 heterocycles. The normalized spacial score (nSPS) is 22.4. The number of rotatable bonds is 3. The molecule has 0 bridgehead atoms. The molecule has 0 radical (unpaired) electrons. The van der Waals surface area contributed by atoms with Crippen LogP contribution in [0.2, 0.25) is 0 Å². The molecule has 20 heavy (non-hydrogen) atoms. The van der Waals surface area contributed by atoms with E-state index in [0.717, 1.165) is 63.4 Å². The summed E-state index contributed by atoms with van der Waals surface area (Å²) >= 11 is 0. The Morgan fingerprint density at radius 3 is 3.00 bits per heavy atom. The van der Waals surface area contributed by atoms with Crippen LogP contribution in [0.5, 0.6) is 0 Å². The van der Waals surface area contributed by atoms with E-state index < -0.39 is 0 Å². The highest BCUT2D eigenvalue weighted by Gasteiger charge is 2.22. The van der Waals surface area contributed by atoms with Crippen LogP contribution in [0.15, 0.2) is 0 Å².